The van der Waals surface area contributed by atoms with Gasteiger partial charge < -0.3 is 23.7 Å². The molecule has 2 fully saturated rings. The summed E-state index contributed by atoms with van der Waals surface area (Å²) in [5.41, 5.74) is 0. The minimum Gasteiger partial charge on any atom is -0.463 e. The summed E-state index contributed by atoms with van der Waals surface area (Å²) in [4.78, 5) is 22.9. The number of hydrogen-bond donors (Lipinski definition) is 1. The lowest BCUT2D eigenvalue weighted by atomic mass is 9.79. The maximum absolute atomic E-state index is 11.6. The fraction of sp³-hybridized carbons (Fsp3) is 0.905. The number of rotatable bonds is 6. The zero-order valence-electron chi connectivity index (χ0n) is 18.5. The Bertz CT molecular complexity index is 569. The fourth-order valence-corrected chi connectivity index (χ4v) is 4.53. The van der Waals surface area contributed by atoms with Crippen molar-refractivity contribution in [1.82, 2.24) is 0 Å². The summed E-state index contributed by atoms with van der Waals surface area (Å²) in [6.07, 6.45) is -2.09. The predicted molar refractivity (Wildman–Crippen MR) is 110 cm³/mol. The van der Waals surface area contributed by atoms with E-state index in [1.807, 2.05) is 13.8 Å². The molecule has 8 heteroatoms. The molecule has 2 aliphatic heterocycles. The van der Waals surface area contributed by atoms with Crippen molar-refractivity contribution in [2.45, 2.75) is 79.4 Å². The molecule has 0 aliphatic carbocycles. The van der Waals surface area contributed by atoms with Crippen LogP contribution in [0.2, 0.25) is 0 Å². The van der Waals surface area contributed by atoms with Crippen molar-refractivity contribution in [1.29, 1.82) is 0 Å². The molecule has 2 saturated heterocycles. The molecule has 0 aromatic rings. The summed E-state index contributed by atoms with van der Waals surface area (Å²) in [7, 11) is 0. The fourth-order valence-electron chi connectivity index (χ4n) is 4.11. The van der Waals surface area contributed by atoms with Gasteiger partial charge in [-0.05, 0) is 11.8 Å². The van der Waals surface area contributed by atoms with Crippen molar-refractivity contribution >= 4 is 24.6 Å². The lowest BCUT2D eigenvalue weighted by Gasteiger charge is -2.48. The van der Waals surface area contributed by atoms with Gasteiger partial charge in [-0.15, -0.1) is 0 Å². The van der Waals surface area contributed by atoms with Gasteiger partial charge in [-0.25, -0.2) is 0 Å². The number of thiol groups is 1. The van der Waals surface area contributed by atoms with E-state index in [0.29, 0.717) is 17.6 Å². The highest BCUT2D eigenvalue weighted by Gasteiger charge is 2.47. The van der Waals surface area contributed by atoms with Gasteiger partial charge >= 0.3 is 11.9 Å². The van der Waals surface area contributed by atoms with Crippen LogP contribution in [0.5, 0.6) is 0 Å². The van der Waals surface area contributed by atoms with Crippen LogP contribution >= 0.6 is 12.6 Å². The molecule has 7 nitrogen and oxygen atoms in total. The SMILES string of the molecule is CC(=O)OCC1O[C@H](O[C@H]2OC(CS)[C@@H](C)[C@H](C)C2C)[C@H](C)C(C)[C@@H]1OC(C)=O. The van der Waals surface area contributed by atoms with Crippen molar-refractivity contribution in [3.63, 3.8) is 0 Å². The van der Waals surface area contributed by atoms with Crippen molar-refractivity contribution < 1.29 is 33.3 Å². The zero-order chi connectivity index (χ0) is 21.9. The molecule has 0 aromatic carbocycles. The first-order chi connectivity index (χ1) is 13.6. The molecule has 2 rings (SSSR count). The average molecular weight is 433 g/mol. The Balaban J connectivity index is 2.15. The summed E-state index contributed by atoms with van der Waals surface area (Å²) in [6.45, 7) is 13.2. The van der Waals surface area contributed by atoms with Gasteiger partial charge in [0.2, 0.25) is 0 Å². The molecular weight excluding hydrogens is 396 g/mol. The Hall–Kier alpha value is -0.830. The van der Waals surface area contributed by atoms with Gasteiger partial charge in [0.15, 0.2) is 12.6 Å². The van der Waals surface area contributed by atoms with E-state index >= 15 is 0 Å². The molecule has 2 heterocycles. The van der Waals surface area contributed by atoms with Gasteiger partial charge in [0, 0.05) is 37.4 Å². The van der Waals surface area contributed by atoms with E-state index < -0.39 is 36.7 Å². The second-order valence-corrected chi connectivity index (χ2v) is 8.94. The molecule has 10 atom stereocenters. The third-order valence-corrected chi connectivity index (χ3v) is 7.00. The van der Waals surface area contributed by atoms with E-state index in [4.69, 9.17) is 23.7 Å². The second kappa shape index (κ2) is 10.5. The molecule has 2 aliphatic rings. The van der Waals surface area contributed by atoms with E-state index in [1.165, 1.54) is 13.8 Å². The van der Waals surface area contributed by atoms with Crippen LogP contribution in [-0.4, -0.2) is 55.2 Å². The van der Waals surface area contributed by atoms with Crippen LogP contribution in [0.15, 0.2) is 0 Å². The highest BCUT2D eigenvalue weighted by atomic mass is 32.1. The van der Waals surface area contributed by atoms with Crippen LogP contribution in [0.4, 0.5) is 0 Å². The summed E-state index contributed by atoms with van der Waals surface area (Å²) >= 11 is 4.43. The largest absolute Gasteiger partial charge is 0.463 e. The standard InChI is InChI=1S/C21H36O7S/c1-10-11(2)18(9-29)27-20(13(10)4)28-21-14(5)12(3)19(25-16(7)23)17(26-21)8-24-15(6)22/h10-14,17-21,29H,8-9H2,1-7H3/t10-,11-,12?,13?,14+,17?,18?,19-,20+,21+/m0/s1. The maximum atomic E-state index is 11.6. The first-order valence-electron chi connectivity index (χ1n) is 10.4. The third kappa shape index (κ3) is 5.87. The minimum atomic E-state index is -0.602. The molecule has 0 spiro atoms. The normalized spacial score (nSPS) is 42.9. The van der Waals surface area contributed by atoms with E-state index in [2.05, 4.69) is 33.4 Å². The smallest absolute Gasteiger partial charge is 0.303 e. The van der Waals surface area contributed by atoms with Crippen LogP contribution in [0.3, 0.4) is 0 Å². The lowest BCUT2D eigenvalue weighted by molar-refractivity contribution is -0.345. The predicted octanol–water partition coefficient (Wildman–Crippen LogP) is 3.06. The summed E-state index contributed by atoms with van der Waals surface area (Å²) < 4.78 is 29.3. The Morgan fingerprint density at radius 3 is 1.86 bits per heavy atom. The molecule has 29 heavy (non-hydrogen) atoms. The highest BCUT2D eigenvalue weighted by Crippen LogP contribution is 2.39. The zero-order valence-corrected chi connectivity index (χ0v) is 19.4. The summed E-state index contributed by atoms with van der Waals surface area (Å²) in [6, 6.07) is 0. The van der Waals surface area contributed by atoms with Gasteiger partial charge in [-0.2, -0.15) is 12.6 Å². The quantitative estimate of drug-likeness (QED) is 0.510. The average Bonchev–Trinajstić information content (AvgIpc) is 2.66. The number of carbonyl (C=O) groups excluding carboxylic acids is 2. The van der Waals surface area contributed by atoms with Crippen LogP contribution in [0, 0.1) is 29.6 Å². The van der Waals surface area contributed by atoms with E-state index in [0.717, 1.165) is 0 Å². The molecule has 0 radical (unpaired) electrons. The molecular formula is C21H36O7S. The van der Waals surface area contributed by atoms with Gasteiger partial charge in [-0.3, -0.25) is 9.59 Å². The Morgan fingerprint density at radius 1 is 0.793 bits per heavy atom. The monoisotopic (exact) mass is 432 g/mol. The highest BCUT2D eigenvalue weighted by molar-refractivity contribution is 7.80. The van der Waals surface area contributed by atoms with Gasteiger partial charge in [0.1, 0.15) is 18.8 Å². The number of esters is 2. The molecule has 0 bridgehead atoms. The van der Waals surface area contributed by atoms with Crippen molar-refractivity contribution in [3.05, 3.63) is 0 Å². The molecule has 0 N–H and O–H groups in total. The van der Waals surface area contributed by atoms with Crippen molar-refractivity contribution in [2.24, 2.45) is 29.6 Å². The Kier molecular flexibility index (Phi) is 8.82. The van der Waals surface area contributed by atoms with E-state index in [-0.39, 0.29) is 30.5 Å². The molecule has 0 aromatic heterocycles. The molecule has 168 valence electrons. The first kappa shape index (κ1) is 24.4. The summed E-state index contributed by atoms with van der Waals surface area (Å²) in [5.74, 6) is 0.700. The second-order valence-electron chi connectivity index (χ2n) is 8.58. The van der Waals surface area contributed by atoms with Crippen molar-refractivity contribution in [2.75, 3.05) is 12.4 Å². The van der Waals surface area contributed by atoms with Crippen molar-refractivity contribution in [3.8, 4) is 0 Å². The minimum absolute atomic E-state index is 0.00200. The number of carbonyl (C=O) groups is 2. The van der Waals surface area contributed by atoms with Gasteiger partial charge in [0.25, 0.3) is 0 Å². The lowest BCUT2D eigenvalue weighted by Crippen LogP contribution is -2.56. The topological polar surface area (TPSA) is 80.3 Å². The van der Waals surface area contributed by atoms with E-state index in [9.17, 15) is 9.59 Å². The van der Waals surface area contributed by atoms with E-state index in [1.54, 1.807) is 0 Å². The van der Waals surface area contributed by atoms with Crippen LogP contribution in [-0.2, 0) is 33.3 Å². The molecule has 4 unspecified atom stereocenters. The number of hydrogen-bond acceptors (Lipinski definition) is 8. The third-order valence-electron chi connectivity index (χ3n) is 6.64. The Labute approximate surface area is 179 Å². The first-order valence-corrected chi connectivity index (χ1v) is 11.1. The molecule has 0 saturated carbocycles. The van der Waals surface area contributed by atoms with Gasteiger partial charge in [-0.1, -0.05) is 34.6 Å². The summed E-state index contributed by atoms with van der Waals surface area (Å²) in [5, 5.41) is 0. The maximum Gasteiger partial charge on any atom is 0.303 e. The van der Waals surface area contributed by atoms with Crippen LogP contribution < -0.4 is 0 Å². The van der Waals surface area contributed by atoms with Crippen LogP contribution in [0.25, 0.3) is 0 Å². The molecule has 0 amide bonds. The van der Waals surface area contributed by atoms with Crippen LogP contribution in [0.1, 0.15) is 48.5 Å². The Morgan fingerprint density at radius 2 is 1.34 bits per heavy atom. The number of ether oxygens (including phenoxy) is 5. The van der Waals surface area contributed by atoms with Gasteiger partial charge in [0.05, 0.1) is 6.10 Å².